The summed E-state index contributed by atoms with van der Waals surface area (Å²) in [5.74, 6) is 3.61. The van der Waals surface area contributed by atoms with Crippen LogP contribution < -0.4 is 0 Å². The number of nitrogens with one attached hydrogen (secondary N) is 2. The second kappa shape index (κ2) is 6.12. The fourth-order valence-electron chi connectivity index (χ4n) is 1.11. The molecule has 0 aliphatic rings. The first-order chi connectivity index (χ1) is 8.00. The zero-order chi connectivity index (χ0) is 12.8. The van der Waals surface area contributed by atoms with Gasteiger partial charge in [-0.1, -0.05) is 27.7 Å². The molecular weight excluding hydrogens is 216 g/mol. The quantitative estimate of drug-likeness (QED) is 0.837. The van der Waals surface area contributed by atoms with Crippen molar-refractivity contribution in [2.24, 2.45) is 0 Å². The van der Waals surface area contributed by atoms with Crippen molar-refractivity contribution in [3.8, 4) is 0 Å². The standard InChI is InChI=1S/C6H11N3.C5H9N3/c1-4(2)6-7-5(3)8-9-6;1-4(2)5-6-3-7-8-5/h4H,1-3H3,(H,7,8,9);3-4H,1-2H3,(H,6,7,8). The molecule has 0 aliphatic heterocycles. The molecule has 0 atom stereocenters. The number of aromatic nitrogens is 6. The van der Waals surface area contributed by atoms with E-state index in [-0.39, 0.29) is 0 Å². The van der Waals surface area contributed by atoms with E-state index in [1.54, 1.807) is 0 Å². The lowest BCUT2D eigenvalue weighted by Crippen LogP contribution is -1.89. The van der Waals surface area contributed by atoms with Crippen LogP contribution in [-0.4, -0.2) is 30.4 Å². The van der Waals surface area contributed by atoms with E-state index in [2.05, 4.69) is 58.1 Å². The topological polar surface area (TPSA) is 83.1 Å². The summed E-state index contributed by atoms with van der Waals surface area (Å²) >= 11 is 0. The van der Waals surface area contributed by atoms with Crippen molar-refractivity contribution < 1.29 is 0 Å². The normalized spacial score (nSPS) is 10.5. The third-order valence-corrected chi connectivity index (χ3v) is 2.11. The van der Waals surface area contributed by atoms with Gasteiger partial charge in [-0.25, -0.2) is 9.97 Å². The van der Waals surface area contributed by atoms with Crippen molar-refractivity contribution in [3.63, 3.8) is 0 Å². The highest BCUT2D eigenvalue weighted by Gasteiger charge is 2.02. The first kappa shape index (κ1) is 13.3. The third-order valence-electron chi connectivity index (χ3n) is 2.11. The molecule has 2 heterocycles. The fourth-order valence-corrected chi connectivity index (χ4v) is 1.11. The summed E-state index contributed by atoms with van der Waals surface area (Å²) < 4.78 is 0. The molecule has 2 aromatic heterocycles. The second-order valence-electron chi connectivity index (χ2n) is 4.46. The molecule has 2 aromatic rings. The van der Waals surface area contributed by atoms with Crippen LogP contribution in [0.5, 0.6) is 0 Å². The van der Waals surface area contributed by atoms with Crippen LogP contribution in [0, 0.1) is 6.92 Å². The number of hydrogen-bond donors (Lipinski definition) is 2. The number of hydrogen-bond acceptors (Lipinski definition) is 4. The Hall–Kier alpha value is -1.72. The Kier molecular flexibility index (Phi) is 4.81. The van der Waals surface area contributed by atoms with Gasteiger partial charge in [0.2, 0.25) is 0 Å². The van der Waals surface area contributed by atoms with Crippen molar-refractivity contribution in [1.82, 2.24) is 30.4 Å². The zero-order valence-electron chi connectivity index (χ0n) is 11.0. The van der Waals surface area contributed by atoms with E-state index >= 15 is 0 Å². The lowest BCUT2D eigenvalue weighted by atomic mass is 10.2. The van der Waals surface area contributed by atoms with Crippen LogP contribution >= 0.6 is 0 Å². The maximum Gasteiger partial charge on any atom is 0.153 e. The fraction of sp³-hybridized carbons (Fsp3) is 0.636. The summed E-state index contributed by atoms with van der Waals surface area (Å²) in [6.45, 7) is 10.2. The average Bonchev–Trinajstić information content (AvgIpc) is 2.87. The Morgan fingerprint density at radius 2 is 1.76 bits per heavy atom. The van der Waals surface area contributed by atoms with E-state index in [9.17, 15) is 0 Å². The van der Waals surface area contributed by atoms with E-state index in [4.69, 9.17) is 0 Å². The molecule has 0 saturated carbocycles. The van der Waals surface area contributed by atoms with Crippen LogP contribution in [0.15, 0.2) is 6.33 Å². The Morgan fingerprint density at radius 3 is 2.00 bits per heavy atom. The molecule has 0 amide bonds. The van der Waals surface area contributed by atoms with Crippen molar-refractivity contribution in [1.29, 1.82) is 0 Å². The highest BCUT2D eigenvalue weighted by atomic mass is 15.2. The first-order valence-electron chi connectivity index (χ1n) is 5.74. The van der Waals surface area contributed by atoms with Crippen molar-refractivity contribution in [2.75, 3.05) is 0 Å². The van der Waals surface area contributed by atoms with E-state index in [1.807, 2.05) is 6.92 Å². The van der Waals surface area contributed by atoms with E-state index < -0.39 is 0 Å². The number of H-pyrrole nitrogens is 2. The molecule has 94 valence electrons. The predicted molar refractivity (Wildman–Crippen MR) is 65.7 cm³/mol. The molecule has 6 nitrogen and oxygen atoms in total. The van der Waals surface area contributed by atoms with Crippen LogP contribution in [0.3, 0.4) is 0 Å². The molecule has 0 aliphatic carbocycles. The van der Waals surface area contributed by atoms with E-state index in [1.165, 1.54) is 6.33 Å². The second-order valence-corrected chi connectivity index (χ2v) is 4.46. The van der Waals surface area contributed by atoms with Crippen molar-refractivity contribution in [3.05, 3.63) is 23.8 Å². The van der Waals surface area contributed by atoms with Gasteiger partial charge in [-0.2, -0.15) is 10.2 Å². The van der Waals surface area contributed by atoms with Crippen molar-refractivity contribution in [2.45, 2.75) is 46.5 Å². The Bertz CT molecular complexity index is 415. The summed E-state index contributed by atoms with van der Waals surface area (Å²) in [4.78, 5) is 8.09. The zero-order valence-corrected chi connectivity index (χ0v) is 11.0. The van der Waals surface area contributed by atoms with Gasteiger partial charge in [0.1, 0.15) is 18.0 Å². The Morgan fingerprint density at radius 1 is 1.06 bits per heavy atom. The smallest absolute Gasteiger partial charge is 0.153 e. The minimum atomic E-state index is 0.426. The summed E-state index contributed by atoms with van der Waals surface area (Å²) in [6.07, 6.45) is 1.52. The summed E-state index contributed by atoms with van der Waals surface area (Å²) in [5.41, 5.74) is 0. The molecule has 0 radical (unpaired) electrons. The van der Waals surface area contributed by atoms with Gasteiger partial charge in [0.05, 0.1) is 0 Å². The van der Waals surface area contributed by atoms with Crippen LogP contribution in [0.1, 0.15) is 57.0 Å². The lowest BCUT2D eigenvalue weighted by Gasteiger charge is -1.93. The Labute approximate surface area is 101 Å². The first-order valence-corrected chi connectivity index (χ1v) is 5.74. The largest absolute Gasteiger partial charge is 0.263 e. The van der Waals surface area contributed by atoms with Crippen LogP contribution in [0.25, 0.3) is 0 Å². The van der Waals surface area contributed by atoms with Gasteiger partial charge in [-0.3, -0.25) is 10.2 Å². The SMILES string of the molecule is CC(C)c1ncn[nH]1.Cc1nc(C(C)C)n[nH]1. The summed E-state index contributed by atoms with van der Waals surface area (Å²) in [7, 11) is 0. The van der Waals surface area contributed by atoms with E-state index in [0.29, 0.717) is 11.8 Å². The molecule has 0 fully saturated rings. The predicted octanol–water partition coefficient (Wildman–Crippen LogP) is 2.16. The van der Waals surface area contributed by atoms with Crippen LogP contribution in [0.4, 0.5) is 0 Å². The van der Waals surface area contributed by atoms with Crippen LogP contribution in [0.2, 0.25) is 0 Å². The molecule has 0 unspecified atom stereocenters. The van der Waals surface area contributed by atoms with Crippen LogP contribution in [-0.2, 0) is 0 Å². The van der Waals surface area contributed by atoms with Gasteiger partial charge in [-0.15, -0.1) is 0 Å². The molecular formula is C11H20N6. The molecule has 0 bridgehead atoms. The highest BCUT2D eigenvalue weighted by molar-refractivity contribution is 4.92. The molecule has 17 heavy (non-hydrogen) atoms. The third kappa shape index (κ3) is 4.34. The number of nitrogens with zero attached hydrogens (tertiary/aromatic N) is 4. The maximum absolute atomic E-state index is 4.14. The van der Waals surface area contributed by atoms with Gasteiger partial charge in [0.15, 0.2) is 5.82 Å². The molecule has 2 N–H and O–H groups in total. The summed E-state index contributed by atoms with van der Waals surface area (Å²) in [6, 6.07) is 0. The number of rotatable bonds is 2. The molecule has 6 heteroatoms. The van der Waals surface area contributed by atoms with Gasteiger partial charge >= 0.3 is 0 Å². The average molecular weight is 236 g/mol. The monoisotopic (exact) mass is 236 g/mol. The Balaban J connectivity index is 0.000000171. The summed E-state index contributed by atoms with van der Waals surface area (Å²) in [5, 5.41) is 13.3. The lowest BCUT2D eigenvalue weighted by molar-refractivity contribution is 0.780. The van der Waals surface area contributed by atoms with Gasteiger partial charge < -0.3 is 0 Å². The maximum atomic E-state index is 4.14. The van der Waals surface area contributed by atoms with Gasteiger partial charge in [0, 0.05) is 11.8 Å². The highest BCUT2D eigenvalue weighted by Crippen LogP contribution is 2.06. The minimum Gasteiger partial charge on any atom is -0.263 e. The molecule has 0 saturated heterocycles. The molecule has 2 rings (SSSR count). The molecule has 0 spiro atoms. The number of aryl methyl sites for hydroxylation is 1. The van der Waals surface area contributed by atoms with Gasteiger partial charge in [-0.05, 0) is 6.92 Å². The molecule has 0 aromatic carbocycles. The van der Waals surface area contributed by atoms with Gasteiger partial charge in [0.25, 0.3) is 0 Å². The van der Waals surface area contributed by atoms with E-state index in [0.717, 1.165) is 17.5 Å². The van der Waals surface area contributed by atoms with Crippen molar-refractivity contribution >= 4 is 0 Å². The number of aromatic amines is 2. The minimum absolute atomic E-state index is 0.426.